The molecule has 100 valence electrons. The van der Waals surface area contributed by atoms with Crippen molar-refractivity contribution in [3.05, 3.63) is 18.2 Å². The van der Waals surface area contributed by atoms with Gasteiger partial charge < -0.3 is 10.3 Å². The lowest BCUT2D eigenvalue weighted by molar-refractivity contribution is -0.126. The fraction of sp³-hybridized carbons (Fsp3) is 0.692. The van der Waals surface area contributed by atoms with Gasteiger partial charge in [-0.2, -0.15) is 0 Å². The molecular formula is C13H22N4O. The predicted octanol–water partition coefficient (Wildman–Crippen LogP) is 0.943. The summed E-state index contributed by atoms with van der Waals surface area (Å²) < 4.78 is 0. The van der Waals surface area contributed by atoms with Crippen LogP contribution in [0.25, 0.3) is 0 Å². The van der Waals surface area contributed by atoms with Crippen LogP contribution in [0.2, 0.25) is 0 Å². The van der Waals surface area contributed by atoms with Gasteiger partial charge in [-0.1, -0.05) is 6.42 Å². The fourth-order valence-electron chi connectivity index (χ4n) is 2.36. The van der Waals surface area contributed by atoms with E-state index < -0.39 is 0 Å². The van der Waals surface area contributed by atoms with Gasteiger partial charge in [0.05, 0.1) is 6.04 Å². The lowest BCUT2D eigenvalue weighted by atomic mass is 10.1. The van der Waals surface area contributed by atoms with Crippen LogP contribution in [0.15, 0.2) is 12.4 Å². The zero-order valence-corrected chi connectivity index (χ0v) is 11.0. The molecule has 2 rings (SSSR count). The highest BCUT2D eigenvalue weighted by Crippen LogP contribution is 2.11. The highest BCUT2D eigenvalue weighted by atomic mass is 16.2. The number of piperidine rings is 1. The van der Waals surface area contributed by atoms with Crippen LogP contribution in [-0.4, -0.2) is 46.5 Å². The van der Waals surface area contributed by atoms with Gasteiger partial charge in [0.15, 0.2) is 0 Å². The number of H-pyrrole nitrogens is 1. The Labute approximate surface area is 108 Å². The van der Waals surface area contributed by atoms with Crippen LogP contribution in [0.1, 0.15) is 32.0 Å². The molecule has 1 aromatic heterocycles. The van der Waals surface area contributed by atoms with Crippen LogP contribution in [0.3, 0.4) is 0 Å². The van der Waals surface area contributed by atoms with Crippen LogP contribution in [0.4, 0.5) is 0 Å². The van der Waals surface area contributed by atoms with Crippen LogP contribution in [-0.2, 0) is 11.2 Å². The molecule has 1 aliphatic heterocycles. The minimum Gasteiger partial charge on any atom is -0.354 e. The molecule has 0 aliphatic carbocycles. The van der Waals surface area contributed by atoms with Crippen molar-refractivity contribution in [2.45, 2.75) is 38.6 Å². The molecule has 1 aliphatic rings. The van der Waals surface area contributed by atoms with Gasteiger partial charge in [0.25, 0.3) is 0 Å². The lowest BCUT2D eigenvalue weighted by Gasteiger charge is -2.31. The molecular weight excluding hydrogens is 228 g/mol. The smallest absolute Gasteiger partial charge is 0.237 e. The monoisotopic (exact) mass is 250 g/mol. The second kappa shape index (κ2) is 6.54. The van der Waals surface area contributed by atoms with E-state index in [0.717, 1.165) is 25.3 Å². The van der Waals surface area contributed by atoms with Gasteiger partial charge in [-0.15, -0.1) is 0 Å². The Morgan fingerprint density at radius 3 is 2.94 bits per heavy atom. The van der Waals surface area contributed by atoms with Crippen molar-refractivity contribution in [1.29, 1.82) is 0 Å². The zero-order valence-electron chi connectivity index (χ0n) is 11.0. The summed E-state index contributed by atoms with van der Waals surface area (Å²) in [6, 6.07) is -0.0121. The van der Waals surface area contributed by atoms with E-state index in [4.69, 9.17) is 0 Å². The van der Waals surface area contributed by atoms with E-state index in [9.17, 15) is 4.79 Å². The molecule has 0 aromatic carbocycles. The van der Waals surface area contributed by atoms with Crippen LogP contribution >= 0.6 is 0 Å². The third-order valence-electron chi connectivity index (χ3n) is 3.53. The molecule has 18 heavy (non-hydrogen) atoms. The molecule has 5 nitrogen and oxygen atoms in total. The molecule has 5 heteroatoms. The van der Waals surface area contributed by atoms with E-state index >= 15 is 0 Å². The number of amides is 1. The maximum atomic E-state index is 12.0. The number of nitrogens with one attached hydrogen (secondary N) is 2. The lowest BCUT2D eigenvalue weighted by Crippen LogP contribution is -2.47. The summed E-state index contributed by atoms with van der Waals surface area (Å²) in [7, 11) is 0. The molecule has 1 fully saturated rings. The summed E-state index contributed by atoms with van der Waals surface area (Å²) in [6.07, 6.45) is 8.00. The Bertz CT molecular complexity index is 357. The minimum absolute atomic E-state index is 0.0121. The average molecular weight is 250 g/mol. The molecule has 1 unspecified atom stereocenters. The number of hydrogen-bond acceptors (Lipinski definition) is 3. The Hall–Kier alpha value is -1.36. The van der Waals surface area contributed by atoms with E-state index in [1.165, 1.54) is 19.3 Å². The van der Waals surface area contributed by atoms with E-state index in [1.807, 2.05) is 6.92 Å². The van der Waals surface area contributed by atoms with Crippen LogP contribution in [0.5, 0.6) is 0 Å². The molecule has 1 saturated heterocycles. The van der Waals surface area contributed by atoms with Crippen LogP contribution < -0.4 is 5.32 Å². The molecule has 0 radical (unpaired) electrons. The van der Waals surface area contributed by atoms with Gasteiger partial charge in [-0.25, -0.2) is 4.98 Å². The summed E-state index contributed by atoms with van der Waals surface area (Å²) in [6.45, 7) is 4.73. The third-order valence-corrected chi connectivity index (χ3v) is 3.53. The standard InChI is InChI=1S/C13H22N4O/c1-11(17-9-3-2-4-10-17)13(18)16-6-5-12-14-7-8-15-12/h7-8,11H,2-6,9-10H2,1H3,(H,14,15)(H,16,18). The molecule has 1 amide bonds. The molecule has 2 N–H and O–H groups in total. The second-order valence-corrected chi connectivity index (χ2v) is 4.85. The summed E-state index contributed by atoms with van der Waals surface area (Å²) in [5.74, 6) is 1.05. The summed E-state index contributed by atoms with van der Waals surface area (Å²) in [5, 5.41) is 2.98. The quantitative estimate of drug-likeness (QED) is 0.817. The normalized spacial score (nSPS) is 18.5. The topological polar surface area (TPSA) is 61.0 Å². The van der Waals surface area contributed by atoms with Gasteiger partial charge in [0.1, 0.15) is 5.82 Å². The molecule has 2 heterocycles. The predicted molar refractivity (Wildman–Crippen MR) is 70.2 cm³/mol. The highest BCUT2D eigenvalue weighted by molar-refractivity contribution is 5.81. The summed E-state index contributed by atoms with van der Waals surface area (Å²) in [5.41, 5.74) is 0. The first-order valence-corrected chi connectivity index (χ1v) is 6.77. The van der Waals surface area contributed by atoms with E-state index in [1.54, 1.807) is 12.4 Å². The first-order chi connectivity index (χ1) is 8.77. The van der Waals surface area contributed by atoms with E-state index in [2.05, 4.69) is 20.2 Å². The van der Waals surface area contributed by atoms with E-state index in [0.29, 0.717) is 6.54 Å². The van der Waals surface area contributed by atoms with Gasteiger partial charge >= 0.3 is 0 Å². The van der Waals surface area contributed by atoms with Gasteiger partial charge in [-0.3, -0.25) is 9.69 Å². The maximum Gasteiger partial charge on any atom is 0.237 e. The first-order valence-electron chi connectivity index (χ1n) is 6.77. The molecule has 0 spiro atoms. The Kier molecular flexibility index (Phi) is 4.75. The number of rotatable bonds is 5. The van der Waals surface area contributed by atoms with Crippen molar-refractivity contribution >= 4 is 5.91 Å². The third kappa shape index (κ3) is 3.57. The number of nitrogens with zero attached hydrogens (tertiary/aromatic N) is 2. The Morgan fingerprint density at radius 1 is 1.50 bits per heavy atom. The van der Waals surface area contributed by atoms with Gasteiger partial charge in [-0.05, 0) is 32.9 Å². The van der Waals surface area contributed by atoms with Crippen molar-refractivity contribution in [2.75, 3.05) is 19.6 Å². The van der Waals surface area contributed by atoms with Crippen LogP contribution in [0, 0.1) is 0 Å². The Morgan fingerprint density at radius 2 is 2.28 bits per heavy atom. The summed E-state index contributed by atoms with van der Waals surface area (Å²) in [4.78, 5) is 21.4. The largest absolute Gasteiger partial charge is 0.354 e. The zero-order chi connectivity index (χ0) is 12.8. The minimum atomic E-state index is -0.0121. The highest BCUT2D eigenvalue weighted by Gasteiger charge is 2.22. The number of carbonyl (C=O) groups is 1. The second-order valence-electron chi connectivity index (χ2n) is 4.85. The van der Waals surface area contributed by atoms with Gasteiger partial charge in [0, 0.05) is 25.4 Å². The number of imidazole rings is 1. The van der Waals surface area contributed by atoms with Crippen molar-refractivity contribution in [2.24, 2.45) is 0 Å². The van der Waals surface area contributed by atoms with Crippen molar-refractivity contribution in [1.82, 2.24) is 20.2 Å². The van der Waals surface area contributed by atoms with Crippen molar-refractivity contribution < 1.29 is 4.79 Å². The number of hydrogen-bond donors (Lipinski definition) is 2. The Balaban J connectivity index is 1.70. The number of aromatic amines is 1. The number of aromatic nitrogens is 2. The van der Waals surface area contributed by atoms with E-state index in [-0.39, 0.29) is 11.9 Å². The average Bonchev–Trinajstić information content (AvgIpc) is 2.92. The molecule has 0 saturated carbocycles. The molecule has 1 aromatic rings. The maximum absolute atomic E-state index is 12.0. The fourth-order valence-corrected chi connectivity index (χ4v) is 2.36. The molecule has 0 bridgehead atoms. The first kappa shape index (κ1) is 13.1. The number of likely N-dealkylation sites (tertiary alicyclic amines) is 1. The van der Waals surface area contributed by atoms with Crippen molar-refractivity contribution in [3.63, 3.8) is 0 Å². The number of carbonyl (C=O) groups excluding carboxylic acids is 1. The summed E-state index contributed by atoms with van der Waals surface area (Å²) >= 11 is 0. The SMILES string of the molecule is CC(C(=O)NCCc1ncc[nH]1)N1CCCCC1. The van der Waals surface area contributed by atoms with Gasteiger partial charge in [0.2, 0.25) is 5.91 Å². The molecule has 1 atom stereocenters. The van der Waals surface area contributed by atoms with Crippen molar-refractivity contribution in [3.8, 4) is 0 Å².